The van der Waals surface area contributed by atoms with E-state index >= 15 is 0 Å². The predicted molar refractivity (Wildman–Crippen MR) is 118 cm³/mol. The van der Waals surface area contributed by atoms with E-state index in [1.165, 1.54) is 6.07 Å². The van der Waals surface area contributed by atoms with E-state index in [1.807, 2.05) is 6.07 Å². The molecule has 2 aromatic carbocycles. The molecule has 5 rings (SSSR count). The van der Waals surface area contributed by atoms with E-state index in [0.29, 0.717) is 29.6 Å². The molecule has 0 amide bonds. The molecule has 2 aliphatic rings. The van der Waals surface area contributed by atoms with Gasteiger partial charge in [0.15, 0.2) is 22.3 Å². The van der Waals surface area contributed by atoms with E-state index in [2.05, 4.69) is 30.7 Å². The van der Waals surface area contributed by atoms with Crippen LogP contribution < -0.4 is 10.5 Å². The maximum atomic E-state index is 13.4. The highest BCUT2D eigenvalue weighted by Gasteiger charge is 2.37. The topological polar surface area (TPSA) is 172 Å². The van der Waals surface area contributed by atoms with Gasteiger partial charge in [0.2, 0.25) is 10.0 Å². The predicted octanol–water partition coefficient (Wildman–Crippen LogP) is 1.18. The van der Waals surface area contributed by atoms with E-state index in [4.69, 9.17) is 5.14 Å². The van der Waals surface area contributed by atoms with Gasteiger partial charge in [-0.3, -0.25) is 5.10 Å². The minimum absolute atomic E-state index is 0.0105. The Balaban J connectivity index is 1.88. The molecular weight excluding hydrogens is 454 g/mol. The largest absolute Gasteiger partial charge is 0.315 e. The molecule has 1 fully saturated rings. The van der Waals surface area contributed by atoms with Crippen LogP contribution in [0.15, 0.2) is 61.5 Å². The van der Waals surface area contributed by atoms with Crippen molar-refractivity contribution in [3.05, 3.63) is 42.1 Å². The maximum Gasteiger partial charge on any atom is 0.240 e. The Labute approximate surface area is 183 Å². The van der Waals surface area contributed by atoms with Gasteiger partial charge in [-0.25, -0.2) is 27.0 Å². The van der Waals surface area contributed by atoms with Gasteiger partial charge < -0.3 is 5.32 Å². The number of sulfonamides is 1. The Bertz CT molecular complexity index is 1500. The minimum Gasteiger partial charge on any atom is -0.315 e. The number of primary sulfonamides is 1. The normalized spacial score (nSPS) is 19.0. The molecule has 0 spiro atoms. The molecule has 0 saturated carbocycles. The molecule has 0 bridgehead atoms. The third kappa shape index (κ3) is 3.33. The van der Waals surface area contributed by atoms with Gasteiger partial charge in [0, 0.05) is 17.5 Å². The van der Waals surface area contributed by atoms with Crippen LogP contribution in [0.3, 0.4) is 0 Å². The van der Waals surface area contributed by atoms with Crippen molar-refractivity contribution in [3.63, 3.8) is 0 Å². The molecule has 2 aliphatic heterocycles. The Morgan fingerprint density at radius 1 is 1.06 bits per heavy atom. The van der Waals surface area contributed by atoms with Crippen LogP contribution in [0.5, 0.6) is 0 Å². The molecule has 3 aromatic rings. The average Bonchev–Trinajstić information content (AvgIpc) is 3.54. The number of aromatic nitrogens is 2. The number of nitrogens with one attached hydrogen (secondary N) is 2. The second kappa shape index (κ2) is 7.55. The SMILES string of the molecule is NS(=O)(=O)c1c(S(=O)(=O)[C@H]2CCNC2)ccc(-c2cccc3cn[nH]c23)c1C1=NCN=N1. The third-order valence-corrected chi connectivity index (χ3v) is 8.96. The van der Waals surface area contributed by atoms with Crippen molar-refractivity contribution in [1.29, 1.82) is 0 Å². The quantitative estimate of drug-likeness (QED) is 0.502. The number of rotatable bonds is 5. The summed E-state index contributed by atoms with van der Waals surface area (Å²) in [5, 5.41) is 23.4. The van der Waals surface area contributed by atoms with E-state index in [1.54, 1.807) is 24.4 Å². The zero-order valence-electron chi connectivity index (χ0n) is 16.7. The molecule has 0 unspecified atom stereocenters. The first kappa shape index (κ1) is 20.9. The second-order valence-electron chi connectivity index (χ2n) is 7.52. The zero-order chi connectivity index (χ0) is 22.5. The zero-order valence-corrected chi connectivity index (χ0v) is 18.3. The maximum absolute atomic E-state index is 13.4. The summed E-state index contributed by atoms with van der Waals surface area (Å²) >= 11 is 0. The molecule has 1 saturated heterocycles. The molecule has 32 heavy (non-hydrogen) atoms. The molecule has 0 radical (unpaired) electrons. The number of benzene rings is 2. The van der Waals surface area contributed by atoms with Gasteiger partial charge in [0.1, 0.15) is 4.90 Å². The number of nitrogens with zero attached hydrogens (tertiary/aromatic N) is 4. The Morgan fingerprint density at radius 2 is 1.91 bits per heavy atom. The van der Waals surface area contributed by atoms with E-state index < -0.39 is 30.0 Å². The lowest BCUT2D eigenvalue weighted by Gasteiger charge is -2.19. The van der Waals surface area contributed by atoms with Crippen molar-refractivity contribution in [2.45, 2.75) is 21.5 Å². The number of amidine groups is 1. The van der Waals surface area contributed by atoms with Gasteiger partial charge in [-0.2, -0.15) is 10.2 Å². The lowest BCUT2D eigenvalue weighted by molar-refractivity contribution is 0.574. The van der Waals surface area contributed by atoms with Gasteiger partial charge >= 0.3 is 0 Å². The number of aliphatic imine (C=N–C) groups is 1. The highest BCUT2D eigenvalue weighted by Crippen LogP contribution is 2.38. The van der Waals surface area contributed by atoms with Crippen LogP contribution in [-0.4, -0.2) is 57.9 Å². The van der Waals surface area contributed by atoms with Crippen LogP contribution in [0.1, 0.15) is 12.0 Å². The van der Waals surface area contributed by atoms with Gasteiger partial charge in [-0.15, -0.1) is 5.11 Å². The first-order valence-electron chi connectivity index (χ1n) is 9.77. The summed E-state index contributed by atoms with van der Waals surface area (Å²) in [4.78, 5) is 3.32. The number of azo groups is 1. The summed E-state index contributed by atoms with van der Waals surface area (Å²) in [5.41, 5.74) is 1.69. The van der Waals surface area contributed by atoms with Gasteiger partial charge in [-0.05, 0) is 24.6 Å². The summed E-state index contributed by atoms with van der Waals surface area (Å²) in [6, 6.07) is 8.27. The van der Waals surface area contributed by atoms with E-state index in [-0.39, 0.29) is 29.5 Å². The smallest absolute Gasteiger partial charge is 0.240 e. The van der Waals surface area contributed by atoms with Crippen molar-refractivity contribution in [3.8, 4) is 11.1 Å². The van der Waals surface area contributed by atoms with Crippen LogP contribution in [0.25, 0.3) is 22.0 Å². The molecule has 0 aliphatic carbocycles. The van der Waals surface area contributed by atoms with E-state index in [0.717, 1.165) is 5.39 Å². The van der Waals surface area contributed by atoms with Crippen molar-refractivity contribution in [1.82, 2.24) is 15.5 Å². The monoisotopic (exact) mass is 473 g/mol. The standard InChI is InChI=1S/C19H19N7O4S2/c20-32(29,30)18-15(31(27,28)12-6-7-21-9-12)5-4-13(16(18)19-22-10-24-26-19)14-3-1-2-11-8-23-25-17(11)14/h1-5,8,12,21H,6-7,9-10H2,(H,23,25)(H2,20,29,30)/t12-/m0/s1. The van der Waals surface area contributed by atoms with Gasteiger partial charge in [0.25, 0.3) is 0 Å². The van der Waals surface area contributed by atoms with Crippen LogP contribution in [0, 0.1) is 0 Å². The molecular formula is C19H19N7O4S2. The number of hydrogen-bond donors (Lipinski definition) is 3. The Kier molecular flexibility index (Phi) is 4.93. The minimum atomic E-state index is -4.49. The number of fused-ring (bicyclic) bond motifs is 1. The lowest BCUT2D eigenvalue weighted by atomic mass is 9.97. The number of nitrogens with two attached hydrogens (primary N) is 1. The summed E-state index contributed by atoms with van der Waals surface area (Å²) in [6.07, 6.45) is 2.01. The van der Waals surface area contributed by atoms with Crippen molar-refractivity contribution in [2.75, 3.05) is 19.8 Å². The molecule has 1 atom stereocenters. The summed E-state index contributed by atoms with van der Waals surface area (Å²) in [7, 11) is -8.50. The Hall–Kier alpha value is -3.00. The van der Waals surface area contributed by atoms with E-state index in [9.17, 15) is 16.8 Å². The molecule has 4 N–H and O–H groups in total. The molecule has 11 nitrogen and oxygen atoms in total. The number of sulfone groups is 1. The number of hydrogen-bond acceptors (Lipinski definition) is 9. The summed E-state index contributed by atoms with van der Waals surface area (Å²) < 4.78 is 52.5. The number of H-pyrrole nitrogens is 1. The number of para-hydroxylation sites is 1. The second-order valence-corrected chi connectivity index (χ2v) is 11.2. The van der Waals surface area contributed by atoms with Gasteiger partial charge in [-0.1, -0.05) is 24.3 Å². The van der Waals surface area contributed by atoms with Crippen molar-refractivity contribution < 1.29 is 16.8 Å². The van der Waals surface area contributed by atoms with Crippen LogP contribution in [-0.2, 0) is 19.9 Å². The fourth-order valence-corrected chi connectivity index (χ4v) is 7.41. The van der Waals surface area contributed by atoms with Crippen molar-refractivity contribution in [2.24, 2.45) is 20.4 Å². The van der Waals surface area contributed by atoms with Crippen LogP contribution >= 0.6 is 0 Å². The lowest BCUT2D eigenvalue weighted by Crippen LogP contribution is -2.28. The fourth-order valence-electron chi connectivity index (χ4n) is 4.14. The highest BCUT2D eigenvalue weighted by molar-refractivity contribution is 7.94. The fraction of sp³-hybridized carbons (Fsp3) is 0.263. The summed E-state index contributed by atoms with van der Waals surface area (Å²) in [5.74, 6) is 0.0159. The Morgan fingerprint density at radius 3 is 2.59 bits per heavy atom. The van der Waals surface area contributed by atoms with Gasteiger partial charge in [0.05, 0.1) is 27.4 Å². The first-order chi connectivity index (χ1) is 15.3. The molecule has 166 valence electrons. The molecule has 1 aromatic heterocycles. The number of aromatic amines is 1. The first-order valence-corrected chi connectivity index (χ1v) is 12.9. The molecule has 3 heterocycles. The average molecular weight is 474 g/mol. The molecule has 13 heteroatoms. The highest BCUT2D eigenvalue weighted by atomic mass is 32.2. The summed E-state index contributed by atoms with van der Waals surface area (Å²) in [6.45, 7) is 0.774. The third-order valence-electron chi connectivity index (χ3n) is 5.61. The van der Waals surface area contributed by atoms with Crippen molar-refractivity contribution >= 4 is 36.6 Å². The van der Waals surface area contributed by atoms with Crippen LogP contribution in [0.2, 0.25) is 0 Å². The van der Waals surface area contributed by atoms with Crippen LogP contribution in [0.4, 0.5) is 0 Å².